The SMILES string of the molecule is CC(O)Cc1cc(CN)ccc1OCc1ccccc1. The van der Waals surface area contributed by atoms with E-state index in [4.69, 9.17) is 10.5 Å². The van der Waals surface area contributed by atoms with Gasteiger partial charge >= 0.3 is 0 Å². The fraction of sp³-hybridized carbons (Fsp3) is 0.294. The predicted molar refractivity (Wildman–Crippen MR) is 80.5 cm³/mol. The molecule has 0 bridgehead atoms. The lowest BCUT2D eigenvalue weighted by atomic mass is 10.0. The molecule has 0 saturated carbocycles. The van der Waals surface area contributed by atoms with Crippen LogP contribution in [0.2, 0.25) is 0 Å². The van der Waals surface area contributed by atoms with Crippen molar-refractivity contribution in [1.29, 1.82) is 0 Å². The van der Waals surface area contributed by atoms with Gasteiger partial charge in [0.15, 0.2) is 0 Å². The summed E-state index contributed by atoms with van der Waals surface area (Å²) in [6.07, 6.45) is 0.167. The lowest BCUT2D eigenvalue weighted by Crippen LogP contribution is -2.08. The van der Waals surface area contributed by atoms with Gasteiger partial charge in [-0.15, -0.1) is 0 Å². The molecule has 0 spiro atoms. The lowest BCUT2D eigenvalue weighted by Gasteiger charge is -2.14. The number of rotatable bonds is 6. The van der Waals surface area contributed by atoms with Gasteiger partial charge in [0.1, 0.15) is 12.4 Å². The molecule has 20 heavy (non-hydrogen) atoms. The molecule has 0 aliphatic rings. The van der Waals surface area contributed by atoms with Crippen LogP contribution in [0, 0.1) is 0 Å². The van der Waals surface area contributed by atoms with Crippen molar-refractivity contribution in [3.63, 3.8) is 0 Å². The molecule has 2 rings (SSSR count). The second kappa shape index (κ2) is 7.08. The molecule has 0 amide bonds. The Bertz CT molecular complexity index is 538. The summed E-state index contributed by atoms with van der Waals surface area (Å²) in [4.78, 5) is 0. The molecule has 0 fully saturated rings. The molecular formula is C17H21NO2. The molecule has 0 radical (unpaired) electrons. The molecule has 0 aliphatic carbocycles. The molecule has 1 unspecified atom stereocenters. The van der Waals surface area contributed by atoms with E-state index < -0.39 is 6.10 Å². The summed E-state index contributed by atoms with van der Waals surface area (Å²) >= 11 is 0. The fourth-order valence-electron chi connectivity index (χ4n) is 2.11. The van der Waals surface area contributed by atoms with E-state index >= 15 is 0 Å². The summed E-state index contributed by atoms with van der Waals surface area (Å²) in [6, 6.07) is 15.9. The van der Waals surface area contributed by atoms with Gasteiger partial charge in [0.2, 0.25) is 0 Å². The first kappa shape index (κ1) is 14.6. The van der Waals surface area contributed by atoms with Gasteiger partial charge in [-0.05, 0) is 29.7 Å². The number of ether oxygens (including phenoxy) is 1. The van der Waals surface area contributed by atoms with Crippen LogP contribution in [0.3, 0.4) is 0 Å². The average molecular weight is 271 g/mol. The van der Waals surface area contributed by atoms with Crippen molar-refractivity contribution in [2.75, 3.05) is 0 Å². The normalized spacial score (nSPS) is 12.2. The number of hydrogen-bond donors (Lipinski definition) is 2. The highest BCUT2D eigenvalue weighted by Crippen LogP contribution is 2.23. The molecule has 106 valence electrons. The van der Waals surface area contributed by atoms with E-state index in [9.17, 15) is 5.11 Å². The Balaban J connectivity index is 2.13. The number of aliphatic hydroxyl groups is 1. The van der Waals surface area contributed by atoms with Crippen molar-refractivity contribution < 1.29 is 9.84 Å². The molecule has 2 aromatic rings. The van der Waals surface area contributed by atoms with Crippen molar-refractivity contribution >= 4 is 0 Å². The summed E-state index contributed by atoms with van der Waals surface area (Å²) in [6.45, 7) is 2.79. The predicted octanol–water partition coefficient (Wildman–Crippen LogP) is 2.65. The van der Waals surface area contributed by atoms with Crippen molar-refractivity contribution in [2.45, 2.75) is 32.6 Å². The maximum atomic E-state index is 9.59. The molecule has 3 N–H and O–H groups in total. The second-order valence-electron chi connectivity index (χ2n) is 4.97. The third-order valence-corrected chi connectivity index (χ3v) is 3.11. The molecule has 0 saturated heterocycles. The van der Waals surface area contributed by atoms with E-state index in [1.165, 1.54) is 0 Å². The minimum absolute atomic E-state index is 0.401. The maximum Gasteiger partial charge on any atom is 0.123 e. The molecule has 0 aromatic heterocycles. The first-order valence-corrected chi connectivity index (χ1v) is 6.85. The van der Waals surface area contributed by atoms with Gasteiger partial charge in [-0.1, -0.05) is 42.5 Å². The minimum atomic E-state index is -0.401. The number of hydrogen-bond acceptors (Lipinski definition) is 3. The molecule has 0 heterocycles. The van der Waals surface area contributed by atoms with Crippen LogP contribution < -0.4 is 10.5 Å². The highest BCUT2D eigenvalue weighted by atomic mass is 16.5. The highest BCUT2D eigenvalue weighted by Gasteiger charge is 2.08. The van der Waals surface area contributed by atoms with Crippen LogP contribution in [-0.4, -0.2) is 11.2 Å². The Morgan fingerprint density at radius 2 is 1.85 bits per heavy atom. The first-order chi connectivity index (χ1) is 9.69. The third kappa shape index (κ3) is 4.08. The second-order valence-corrected chi connectivity index (χ2v) is 4.97. The quantitative estimate of drug-likeness (QED) is 0.849. The van der Waals surface area contributed by atoms with Crippen LogP contribution in [0.25, 0.3) is 0 Å². The van der Waals surface area contributed by atoms with E-state index in [2.05, 4.69) is 0 Å². The van der Waals surface area contributed by atoms with Gasteiger partial charge in [0.05, 0.1) is 6.10 Å². The van der Waals surface area contributed by atoms with Crippen LogP contribution in [0.15, 0.2) is 48.5 Å². The number of aliphatic hydroxyl groups excluding tert-OH is 1. The highest BCUT2D eigenvalue weighted by molar-refractivity contribution is 5.38. The maximum absolute atomic E-state index is 9.59. The summed E-state index contributed by atoms with van der Waals surface area (Å²) in [5, 5.41) is 9.59. The van der Waals surface area contributed by atoms with Gasteiger partial charge in [-0.25, -0.2) is 0 Å². The lowest BCUT2D eigenvalue weighted by molar-refractivity contribution is 0.193. The van der Waals surface area contributed by atoms with Gasteiger partial charge in [0, 0.05) is 13.0 Å². The summed E-state index contributed by atoms with van der Waals surface area (Å²) < 4.78 is 5.87. The molecule has 0 aliphatic heterocycles. The summed E-state index contributed by atoms with van der Waals surface area (Å²) in [5.74, 6) is 0.812. The Hall–Kier alpha value is -1.84. The third-order valence-electron chi connectivity index (χ3n) is 3.11. The largest absolute Gasteiger partial charge is 0.489 e. The topological polar surface area (TPSA) is 55.5 Å². The van der Waals surface area contributed by atoms with Crippen molar-refractivity contribution in [1.82, 2.24) is 0 Å². The van der Waals surface area contributed by atoms with Crippen molar-refractivity contribution in [3.8, 4) is 5.75 Å². The van der Waals surface area contributed by atoms with Crippen LogP contribution in [0.1, 0.15) is 23.6 Å². The fourth-order valence-corrected chi connectivity index (χ4v) is 2.11. The smallest absolute Gasteiger partial charge is 0.123 e. The van der Waals surface area contributed by atoms with Crippen molar-refractivity contribution in [3.05, 3.63) is 65.2 Å². The van der Waals surface area contributed by atoms with E-state index in [0.29, 0.717) is 19.6 Å². The standard InChI is InChI=1S/C17H21NO2/c1-13(19)9-16-10-15(11-18)7-8-17(16)20-12-14-5-3-2-4-6-14/h2-8,10,13,19H,9,11-12,18H2,1H3. The Morgan fingerprint density at radius 1 is 1.10 bits per heavy atom. The van der Waals surface area contributed by atoms with Crippen LogP contribution in [-0.2, 0) is 19.6 Å². The zero-order valence-corrected chi connectivity index (χ0v) is 11.8. The van der Waals surface area contributed by atoms with E-state index in [0.717, 1.165) is 22.4 Å². The van der Waals surface area contributed by atoms with Crippen molar-refractivity contribution in [2.24, 2.45) is 5.73 Å². The van der Waals surface area contributed by atoms with E-state index in [1.54, 1.807) is 6.92 Å². The molecule has 3 nitrogen and oxygen atoms in total. The van der Waals surface area contributed by atoms with Crippen LogP contribution >= 0.6 is 0 Å². The monoisotopic (exact) mass is 271 g/mol. The van der Waals surface area contributed by atoms with E-state index in [-0.39, 0.29) is 0 Å². The summed E-state index contributed by atoms with van der Waals surface area (Å²) in [7, 11) is 0. The van der Waals surface area contributed by atoms with Gasteiger partial charge in [-0.2, -0.15) is 0 Å². The Labute approximate surface area is 120 Å². The zero-order chi connectivity index (χ0) is 14.4. The zero-order valence-electron chi connectivity index (χ0n) is 11.8. The molecular weight excluding hydrogens is 250 g/mol. The minimum Gasteiger partial charge on any atom is -0.489 e. The molecule has 1 atom stereocenters. The van der Waals surface area contributed by atoms with Gasteiger partial charge in [0.25, 0.3) is 0 Å². The van der Waals surface area contributed by atoms with Gasteiger partial charge in [-0.3, -0.25) is 0 Å². The number of benzene rings is 2. The van der Waals surface area contributed by atoms with Gasteiger partial charge < -0.3 is 15.6 Å². The van der Waals surface area contributed by atoms with Crippen LogP contribution in [0.4, 0.5) is 0 Å². The Kier molecular flexibility index (Phi) is 5.16. The van der Waals surface area contributed by atoms with E-state index in [1.807, 2.05) is 48.5 Å². The summed E-state index contributed by atoms with van der Waals surface area (Å²) in [5.41, 5.74) is 8.83. The molecule has 2 aromatic carbocycles. The average Bonchev–Trinajstić information content (AvgIpc) is 2.46. The Morgan fingerprint density at radius 3 is 2.50 bits per heavy atom. The molecule has 3 heteroatoms. The number of nitrogens with two attached hydrogens (primary N) is 1. The first-order valence-electron chi connectivity index (χ1n) is 6.85. The van der Waals surface area contributed by atoms with Crippen LogP contribution in [0.5, 0.6) is 5.75 Å².